The summed E-state index contributed by atoms with van der Waals surface area (Å²) < 4.78 is 8.01. The molecule has 0 aliphatic carbocycles. The number of thioether (sulfide) groups is 1. The summed E-state index contributed by atoms with van der Waals surface area (Å²) in [7, 11) is 0. The summed E-state index contributed by atoms with van der Waals surface area (Å²) in [5, 5.41) is 10.4. The molecule has 1 aromatic heterocycles. The predicted molar refractivity (Wildman–Crippen MR) is 108 cm³/mol. The quantitative estimate of drug-likeness (QED) is 0.367. The molecule has 0 unspecified atom stereocenters. The average molecular weight is 388 g/mol. The average Bonchev–Trinajstić information content (AvgIpc) is 3.06. The number of hydrogen-bond donors (Lipinski definition) is 0. The number of benzene rings is 2. The second kappa shape index (κ2) is 9.10. The fourth-order valence-corrected chi connectivity index (χ4v) is 3.66. The molecule has 0 atom stereocenters. The number of para-hydroxylation sites is 1. The van der Waals surface area contributed by atoms with Gasteiger partial charge in [0.1, 0.15) is 12.4 Å². The van der Waals surface area contributed by atoms with Crippen LogP contribution in [0.3, 0.4) is 0 Å². The lowest BCUT2D eigenvalue weighted by Crippen LogP contribution is -2.06. The van der Waals surface area contributed by atoms with Crippen molar-refractivity contribution < 1.29 is 4.74 Å². The van der Waals surface area contributed by atoms with Crippen LogP contribution in [-0.2, 0) is 6.61 Å². The van der Waals surface area contributed by atoms with Crippen molar-refractivity contribution in [2.45, 2.75) is 38.5 Å². The van der Waals surface area contributed by atoms with Crippen LogP contribution >= 0.6 is 23.4 Å². The van der Waals surface area contributed by atoms with E-state index in [1.165, 1.54) is 6.42 Å². The fraction of sp³-hybridized carbons (Fsp3) is 0.300. The highest BCUT2D eigenvalue weighted by molar-refractivity contribution is 7.99. The zero-order valence-electron chi connectivity index (χ0n) is 15.0. The van der Waals surface area contributed by atoms with E-state index in [1.807, 2.05) is 43.3 Å². The van der Waals surface area contributed by atoms with Gasteiger partial charge in [0.2, 0.25) is 0 Å². The van der Waals surface area contributed by atoms with Crippen molar-refractivity contribution in [2.75, 3.05) is 5.75 Å². The van der Waals surface area contributed by atoms with E-state index in [2.05, 4.69) is 33.8 Å². The Bertz CT molecular complexity index is 852. The zero-order chi connectivity index (χ0) is 18.4. The molecule has 3 rings (SSSR count). The Balaban J connectivity index is 1.82. The number of rotatable bonds is 8. The number of ether oxygens (including phenoxy) is 1. The Morgan fingerprint density at radius 2 is 1.92 bits per heavy atom. The molecule has 0 saturated carbocycles. The first-order valence-electron chi connectivity index (χ1n) is 8.70. The molecule has 4 nitrogen and oxygen atoms in total. The first kappa shape index (κ1) is 18.8. The summed E-state index contributed by atoms with van der Waals surface area (Å²) in [5.74, 6) is 2.58. The van der Waals surface area contributed by atoms with Crippen molar-refractivity contribution in [1.29, 1.82) is 0 Å². The number of nitrogens with zero attached hydrogens (tertiary/aromatic N) is 3. The van der Waals surface area contributed by atoms with Gasteiger partial charge < -0.3 is 4.74 Å². The molecule has 0 fully saturated rings. The van der Waals surface area contributed by atoms with E-state index in [4.69, 9.17) is 16.3 Å². The smallest absolute Gasteiger partial charge is 0.195 e. The molecule has 3 aromatic rings. The van der Waals surface area contributed by atoms with Crippen LogP contribution in [0, 0.1) is 6.92 Å². The lowest BCUT2D eigenvalue weighted by molar-refractivity contribution is 0.292. The number of aromatic nitrogens is 3. The molecule has 0 radical (unpaired) electrons. The number of unbranched alkanes of at least 4 members (excludes halogenated alkanes) is 1. The highest BCUT2D eigenvalue weighted by atomic mass is 35.5. The molecule has 0 aliphatic heterocycles. The molecule has 136 valence electrons. The van der Waals surface area contributed by atoms with Gasteiger partial charge in [-0.2, -0.15) is 0 Å². The minimum Gasteiger partial charge on any atom is -0.486 e. The van der Waals surface area contributed by atoms with Crippen molar-refractivity contribution in [3.63, 3.8) is 0 Å². The van der Waals surface area contributed by atoms with Crippen molar-refractivity contribution in [2.24, 2.45) is 0 Å². The van der Waals surface area contributed by atoms with Crippen LogP contribution in [0.5, 0.6) is 5.75 Å². The van der Waals surface area contributed by atoms with Crippen molar-refractivity contribution >= 4 is 23.4 Å². The van der Waals surface area contributed by atoms with Crippen LogP contribution in [-0.4, -0.2) is 20.5 Å². The van der Waals surface area contributed by atoms with E-state index in [0.29, 0.717) is 6.61 Å². The van der Waals surface area contributed by atoms with E-state index in [1.54, 1.807) is 11.8 Å². The van der Waals surface area contributed by atoms with Gasteiger partial charge in [-0.25, -0.2) is 0 Å². The van der Waals surface area contributed by atoms with Crippen molar-refractivity contribution in [3.8, 4) is 11.4 Å². The molecule has 0 spiro atoms. The van der Waals surface area contributed by atoms with E-state index >= 15 is 0 Å². The van der Waals surface area contributed by atoms with E-state index < -0.39 is 0 Å². The summed E-state index contributed by atoms with van der Waals surface area (Å²) in [6.07, 6.45) is 2.32. The first-order chi connectivity index (χ1) is 12.7. The maximum atomic E-state index is 6.08. The Kier molecular flexibility index (Phi) is 6.58. The van der Waals surface area contributed by atoms with Gasteiger partial charge in [-0.3, -0.25) is 4.57 Å². The maximum Gasteiger partial charge on any atom is 0.195 e. The van der Waals surface area contributed by atoms with Gasteiger partial charge in [0.05, 0.1) is 0 Å². The van der Waals surface area contributed by atoms with Gasteiger partial charge >= 0.3 is 0 Å². The second-order valence-electron chi connectivity index (χ2n) is 5.97. The van der Waals surface area contributed by atoms with Crippen LogP contribution in [0.1, 0.15) is 31.2 Å². The minimum atomic E-state index is 0.345. The SMILES string of the molecule is CCCCSc1nnc(COc2ccc(Cl)c(C)c2)n1-c1ccccc1. The molecular weight excluding hydrogens is 366 g/mol. The van der Waals surface area contributed by atoms with Gasteiger partial charge in [-0.15, -0.1) is 10.2 Å². The minimum absolute atomic E-state index is 0.345. The zero-order valence-corrected chi connectivity index (χ0v) is 16.6. The Hall–Kier alpha value is -1.98. The van der Waals surface area contributed by atoms with E-state index in [0.717, 1.165) is 45.2 Å². The van der Waals surface area contributed by atoms with Crippen LogP contribution in [0.4, 0.5) is 0 Å². The number of aryl methyl sites for hydroxylation is 1. The molecule has 2 aromatic carbocycles. The molecule has 0 N–H and O–H groups in total. The lowest BCUT2D eigenvalue weighted by atomic mass is 10.2. The molecule has 26 heavy (non-hydrogen) atoms. The van der Waals surface area contributed by atoms with Crippen LogP contribution in [0.25, 0.3) is 5.69 Å². The third-order valence-electron chi connectivity index (χ3n) is 3.94. The molecule has 0 amide bonds. The van der Waals surface area contributed by atoms with E-state index in [9.17, 15) is 0 Å². The summed E-state index contributed by atoms with van der Waals surface area (Å²) in [6, 6.07) is 15.8. The highest BCUT2D eigenvalue weighted by Crippen LogP contribution is 2.25. The van der Waals surface area contributed by atoms with Crippen LogP contribution in [0.2, 0.25) is 5.02 Å². The monoisotopic (exact) mass is 387 g/mol. The molecule has 0 saturated heterocycles. The van der Waals surface area contributed by atoms with Crippen LogP contribution in [0.15, 0.2) is 53.7 Å². The topological polar surface area (TPSA) is 39.9 Å². The largest absolute Gasteiger partial charge is 0.486 e. The van der Waals surface area contributed by atoms with Gasteiger partial charge in [0.25, 0.3) is 0 Å². The maximum absolute atomic E-state index is 6.08. The molecule has 1 heterocycles. The normalized spacial score (nSPS) is 10.9. The highest BCUT2D eigenvalue weighted by Gasteiger charge is 2.15. The number of halogens is 1. The summed E-state index contributed by atoms with van der Waals surface area (Å²) in [4.78, 5) is 0. The van der Waals surface area contributed by atoms with Crippen molar-refractivity contribution in [3.05, 3.63) is 64.9 Å². The third kappa shape index (κ3) is 4.59. The Morgan fingerprint density at radius 1 is 1.12 bits per heavy atom. The summed E-state index contributed by atoms with van der Waals surface area (Å²) in [6.45, 7) is 4.50. The van der Waals surface area contributed by atoms with Gasteiger partial charge in [-0.05, 0) is 49.2 Å². The molecule has 0 aliphatic rings. The molecule has 6 heteroatoms. The van der Waals surface area contributed by atoms with E-state index in [-0.39, 0.29) is 0 Å². The van der Waals surface area contributed by atoms with Crippen molar-refractivity contribution in [1.82, 2.24) is 14.8 Å². The fourth-order valence-electron chi connectivity index (χ4n) is 2.49. The Morgan fingerprint density at radius 3 is 2.65 bits per heavy atom. The summed E-state index contributed by atoms with van der Waals surface area (Å²) in [5.41, 5.74) is 2.03. The van der Waals surface area contributed by atoms with Crippen LogP contribution < -0.4 is 4.74 Å². The number of hydrogen-bond acceptors (Lipinski definition) is 4. The standard InChI is InChI=1S/C20H22ClN3OS/c1-3-4-12-26-20-23-22-19(24(20)16-8-6-5-7-9-16)14-25-17-10-11-18(21)15(2)13-17/h5-11,13H,3-4,12,14H2,1-2H3. The third-order valence-corrected chi connectivity index (χ3v) is 5.38. The predicted octanol–water partition coefficient (Wildman–Crippen LogP) is 5.70. The second-order valence-corrected chi connectivity index (χ2v) is 7.44. The molecule has 0 bridgehead atoms. The van der Waals surface area contributed by atoms with Gasteiger partial charge in [0.15, 0.2) is 11.0 Å². The summed E-state index contributed by atoms with van der Waals surface area (Å²) >= 11 is 7.81. The van der Waals surface area contributed by atoms with Gasteiger partial charge in [-0.1, -0.05) is 54.9 Å². The first-order valence-corrected chi connectivity index (χ1v) is 10.1. The Labute approximate surface area is 163 Å². The van der Waals surface area contributed by atoms with Gasteiger partial charge in [0, 0.05) is 16.5 Å². The lowest BCUT2D eigenvalue weighted by Gasteiger charge is -2.11. The molecular formula is C20H22ClN3OS.